The van der Waals surface area contributed by atoms with Crippen LogP contribution in [-0.2, 0) is 4.79 Å². The predicted octanol–water partition coefficient (Wildman–Crippen LogP) is 2.95. The van der Waals surface area contributed by atoms with E-state index in [0.717, 1.165) is 31.6 Å². The van der Waals surface area contributed by atoms with Gasteiger partial charge in [0.05, 0.1) is 7.11 Å². The zero-order valence-corrected chi connectivity index (χ0v) is 11.5. The van der Waals surface area contributed by atoms with E-state index in [0.29, 0.717) is 24.3 Å². The van der Waals surface area contributed by atoms with Crippen LogP contribution in [0.2, 0.25) is 0 Å². The van der Waals surface area contributed by atoms with E-state index in [2.05, 4.69) is 17.0 Å². The molecule has 102 valence electrons. The Balaban J connectivity index is 1.84. The van der Waals surface area contributed by atoms with Crippen molar-refractivity contribution in [1.82, 2.24) is 4.90 Å². The highest BCUT2D eigenvalue weighted by Crippen LogP contribution is 2.38. The van der Waals surface area contributed by atoms with Crippen molar-refractivity contribution in [2.45, 2.75) is 44.1 Å². The molecular formula is C16H21NO2. The number of benzene rings is 1. The highest BCUT2D eigenvalue weighted by atomic mass is 16.5. The second-order valence-corrected chi connectivity index (χ2v) is 5.57. The van der Waals surface area contributed by atoms with Crippen LogP contribution in [-0.4, -0.2) is 30.5 Å². The van der Waals surface area contributed by atoms with Gasteiger partial charge in [-0.1, -0.05) is 12.1 Å². The number of methoxy groups -OCH3 is 1. The van der Waals surface area contributed by atoms with Crippen LogP contribution in [0.15, 0.2) is 24.3 Å². The van der Waals surface area contributed by atoms with Crippen LogP contribution in [0.25, 0.3) is 0 Å². The summed E-state index contributed by atoms with van der Waals surface area (Å²) in [6, 6.07) is 8.79. The number of ether oxygens (including phenoxy) is 1. The number of hydrogen-bond donors (Lipinski definition) is 0. The van der Waals surface area contributed by atoms with Crippen molar-refractivity contribution in [2.75, 3.05) is 13.7 Å². The van der Waals surface area contributed by atoms with E-state index in [1.54, 1.807) is 7.11 Å². The van der Waals surface area contributed by atoms with Crippen molar-refractivity contribution in [3.63, 3.8) is 0 Å². The van der Waals surface area contributed by atoms with E-state index >= 15 is 0 Å². The van der Waals surface area contributed by atoms with E-state index in [4.69, 9.17) is 4.74 Å². The summed E-state index contributed by atoms with van der Waals surface area (Å²) in [5.74, 6) is 1.76. The van der Waals surface area contributed by atoms with E-state index in [1.807, 2.05) is 12.1 Å². The number of piperidine rings is 2. The molecule has 19 heavy (non-hydrogen) atoms. The molecule has 0 saturated carbocycles. The quantitative estimate of drug-likeness (QED) is 0.817. The number of carbonyl (C=O) groups is 1. The molecule has 1 aromatic rings. The number of fused-ring (bicyclic) bond motifs is 1. The number of nitrogens with zero attached hydrogens (tertiary/aromatic N) is 1. The van der Waals surface area contributed by atoms with Crippen LogP contribution in [0.5, 0.6) is 5.75 Å². The molecule has 0 bridgehead atoms. The topological polar surface area (TPSA) is 29.5 Å². The summed E-state index contributed by atoms with van der Waals surface area (Å²) in [5, 5.41) is 0. The summed E-state index contributed by atoms with van der Waals surface area (Å²) >= 11 is 0. The van der Waals surface area contributed by atoms with Gasteiger partial charge in [0.25, 0.3) is 0 Å². The molecule has 1 amide bonds. The van der Waals surface area contributed by atoms with Gasteiger partial charge in [0.2, 0.25) is 5.91 Å². The van der Waals surface area contributed by atoms with Gasteiger partial charge in [0.1, 0.15) is 5.75 Å². The molecule has 2 atom stereocenters. The summed E-state index contributed by atoms with van der Waals surface area (Å²) in [7, 11) is 1.69. The highest BCUT2D eigenvalue weighted by Gasteiger charge is 2.37. The standard InChI is InChI=1S/C16H21NO2/c1-19-13-7-5-12(6-8-13)14-9-10-16(18)17-11-3-2-4-15(14)17/h5-8,14-15H,2-4,9-11H2,1H3. The fraction of sp³-hybridized carbons (Fsp3) is 0.562. The lowest BCUT2D eigenvalue weighted by Gasteiger charge is -2.44. The molecule has 2 unspecified atom stereocenters. The van der Waals surface area contributed by atoms with Gasteiger partial charge >= 0.3 is 0 Å². The maximum absolute atomic E-state index is 12.0. The highest BCUT2D eigenvalue weighted by molar-refractivity contribution is 5.78. The summed E-state index contributed by atoms with van der Waals surface area (Å²) in [6.07, 6.45) is 5.26. The normalized spacial score (nSPS) is 27.0. The van der Waals surface area contributed by atoms with Crippen LogP contribution in [0.1, 0.15) is 43.6 Å². The molecule has 2 aliphatic rings. The Labute approximate surface area is 114 Å². The number of carbonyl (C=O) groups excluding carboxylic acids is 1. The van der Waals surface area contributed by atoms with Gasteiger partial charge in [0.15, 0.2) is 0 Å². The minimum absolute atomic E-state index is 0.356. The molecule has 3 nitrogen and oxygen atoms in total. The largest absolute Gasteiger partial charge is 0.497 e. The smallest absolute Gasteiger partial charge is 0.222 e. The Morgan fingerprint density at radius 1 is 1.16 bits per heavy atom. The number of hydrogen-bond acceptors (Lipinski definition) is 2. The summed E-state index contributed by atoms with van der Waals surface area (Å²) < 4.78 is 5.22. The van der Waals surface area contributed by atoms with E-state index in [-0.39, 0.29) is 0 Å². The summed E-state index contributed by atoms with van der Waals surface area (Å²) in [5.41, 5.74) is 1.35. The van der Waals surface area contributed by atoms with Gasteiger partial charge in [-0.15, -0.1) is 0 Å². The Hall–Kier alpha value is -1.51. The molecule has 0 N–H and O–H groups in total. The predicted molar refractivity (Wildman–Crippen MR) is 74.3 cm³/mol. The summed E-state index contributed by atoms with van der Waals surface area (Å²) in [4.78, 5) is 14.1. The molecule has 0 aliphatic carbocycles. The third-order valence-electron chi connectivity index (χ3n) is 4.55. The number of rotatable bonds is 2. The summed E-state index contributed by atoms with van der Waals surface area (Å²) in [6.45, 7) is 0.955. The third kappa shape index (κ3) is 2.34. The van der Waals surface area contributed by atoms with E-state index < -0.39 is 0 Å². The Bertz CT molecular complexity index is 454. The molecule has 1 aromatic carbocycles. The lowest BCUT2D eigenvalue weighted by Crippen LogP contribution is -2.50. The number of amides is 1. The Morgan fingerprint density at radius 2 is 1.95 bits per heavy atom. The minimum Gasteiger partial charge on any atom is -0.497 e. The first-order chi connectivity index (χ1) is 9.29. The third-order valence-corrected chi connectivity index (χ3v) is 4.55. The first kappa shape index (κ1) is 12.5. The Kier molecular flexibility index (Phi) is 3.45. The first-order valence-electron chi connectivity index (χ1n) is 7.23. The molecule has 0 radical (unpaired) electrons. The fourth-order valence-corrected chi connectivity index (χ4v) is 3.54. The van der Waals surface area contributed by atoms with Crippen molar-refractivity contribution < 1.29 is 9.53 Å². The lowest BCUT2D eigenvalue weighted by molar-refractivity contribution is -0.138. The molecule has 3 heteroatoms. The molecule has 3 rings (SSSR count). The van der Waals surface area contributed by atoms with Gasteiger partial charge in [0, 0.05) is 24.9 Å². The first-order valence-corrected chi connectivity index (χ1v) is 7.23. The van der Waals surface area contributed by atoms with Crippen molar-refractivity contribution in [2.24, 2.45) is 0 Å². The average molecular weight is 259 g/mol. The van der Waals surface area contributed by atoms with Crippen molar-refractivity contribution in [3.05, 3.63) is 29.8 Å². The van der Waals surface area contributed by atoms with Gasteiger partial charge < -0.3 is 9.64 Å². The van der Waals surface area contributed by atoms with Gasteiger partial charge in [-0.3, -0.25) is 4.79 Å². The van der Waals surface area contributed by atoms with Crippen LogP contribution >= 0.6 is 0 Å². The Morgan fingerprint density at radius 3 is 2.68 bits per heavy atom. The van der Waals surface area contributed by atoms with Crippen molar-refractivity contribution >= 4 is 5.91 Å². The van der Waals surface area contributed by atoms with Gasteiger partial charge in [-0.2, -0.15) is 0 Å². The molecule has 0 spiro atoms. The van der Waals surface area contributed by atoms with E-state index in [1.165, 1.54) is 12.0 Å². The van der Waals surface area contributed by atoms with Crippen LogP contribution < -0.4 is 4.74 Å². The maximum Gasteiger partial charge on any atom is 0.222 e. The average Bonchev–Trinajstić information content (AvgIpc) is 2.48. The molecule has 2 heterocycles. The second kappa shape index (κ2) is 5.24. The molecule has 2 fully saturated rings. The minimum atomic E-state index is 0.356. The lowest BCUT2D eigenvalue weighted by atomic mass is 9.79. The van der Waals surface area contributed by atoms with Crippen LogP contribution in [0, 0.1) is 0 Å². The molecule has 2 aliphatic heterocycles. The van der Waals surface area contributed by atoms with Crippen LogP contribution in [0.3, 0.4) is 0 Å². The SMILES string of the molecule is COc1ccc(C2CCC(=O)N3CCCCC23)cc1. The monoisotopic (exact) mass is 259 g/mol. The maximum atomic E-state index is 12.0. The van der Waals surface area contributed by atoms with Crippen molar-refractivity contribution in [1.29, 1.82) is 0 Å². The fourth-order valence-electron chi connectivity index (χ4n) is 3.54. The zero-order chi connectivity index (χ0) is 13.2. The van der Waals surface area contributed by atoms with Gasteiger partial charge in [-0.05, 0) is 43.4 Å². The molecule has 2 saturated heterocycles. The molecular weight excluding hydrogens is 238 g/mol. The van der Waals surface area contributed by atoms with E-state index in [9.17, 15) is 4.79 Å². The second-order valence-electron chi connectivity index (χ2n) is 5.57. The zero-order valence-electron chi connectivity index (χ0n) is 11.5. The molecule has 0 aromatic heterocycles. The van der Waals surface area contributed by atoms with Crippen LogP contribution in [0.4, 0.5) is 0 Å². The van der Waals surface area contributed by atoms with Gasteiger partial charge in [-0.25, -0.2) is 0 Å². The van der Waals surface area contributed by atoms with Crippen molar-refractivity contribution in [3.8, 4) is 5.75 Å².